The predicted molar refractivity (Wildman–Crippen MR) is 45.6 cm³/mol. The first kappa shape index (κ1) is 9.19. The molecule has 1 heterocycles. The second kappa shape index (κ2) is 4.87. The Hall–Kier alpha value is -0.900. The van der Waals surface area contributed by atoms with Crippen molar-refractivity contribution >= 4 is 0 Å². The van der Waals surface area contributed by atoms with Gasteiger partial charge in [-0.25, -0.2) is 0 Å². The lowest BCUT2D eigenvalue weighted by molar-refractivity contribution is 0.0144. The molecule has 0 bridgehead atoms. The number of ether oxygens (including phenoxy) is 1. The summed E-state index contributed by atoms with van der Waals surface area (Å²) in [5, 5.41) is 7.41. The number of hydrogen-bond acceptors (Lipinski definition) is 3. The normalized spacial score (nSPS) is 13.2. The van der Waals surface area contributed by atoms with Crippen LogP contribution in [0.25, 0.3) is 0 Å². The smallest absolute Gasteiger partial charge is 0.133 e. The van der Waals surface area contributed by atoms with Crippen LogP contribution in [0, 0.1) is 0 Å². The number of aromatic nitrogens is 3. The van der Waals surface area contributed by atoms with E-state index in [0.717, 1.165) is 19.4 Å². The molecule has 1 aromatic heterocycles. The first-order valence-electron chi connectivity index (χ1n) is 4.30. The summed E-state index contributed by atoms with van der Waals surface area (Å²) in [7, 11) is 0. The fourth-order valence-electron chi connectivity index (χ4n) is 0.881. The van der Waals surface area contributed by atoms with Gasteiger partial charge in [0.25, 0.3) is 0 Å². The summed E-state index contributed by atoms with van der Waals surface area (Å²) in [6.07, 6.45) is 5.64. The molecule has 1 unspecified atom stereocenters. The Balaban J connectivity index is 2.25. The minimum atomic E-state index is 0.0477. The Kier molecular flexibility index (Phi) is 3.73. The first-order valence-corrected chi connectivity index (χ1v) is 4.30. The lowest BCUT2D eigenvalue weighted by Crippen LogP contribution is -2.08. The number of nitrogens with zero attached hydrogens (tertiary/aromatic N) is 3. The van der Waals surface area contributed by atoms with Crippen LogP contribution in [0.15, 0.2) is 12.7 Å². The van der Waals surface area contributed by atoms with E-state index in [4.69, 9.17) is 4.74 Å². The Morgan fingerprint density at radius 3 is 2.67 bits per heavy atom. The molecule has 0 amide bonds. The largest absolute Gasteiger partial charge is 0.358 e. The molecule has 0 spiro atoms. The van der Waals surface area contributed by atoms with Gasteiger partial charge in [-0.2, -0.15) is 0 Å². The molecule has 1 aromatic rings. The first-order chi connectivity index (χ1) is 5.84. The van der Waals surface area contributed by atoms with E-state index in [2.05, 4.69) is 17.1 Å². The molecule has 0 aliphatic heterocycles. The minimum absolute atomic E-state index is 0.0477. The van der Waals surface area contributed by atoms with Crippen molar-refractivity contribution in [3.05, 3.63) is 12.7 Å². The molecule has 12 heavy (non-hydrogen) atoms. The Labute approximate surface area is 72.6 Å². The van der Waals surface area contributed by atoms with Gasteiger partial charge in [-0.05, 0) is 13.3 Å². The predicted octanol–water partition coefficient (Wildman–Crippen LogP) is 1.61. The molecule has 0 aliphatic carbocycles. The second-order valence-corrected chi connectivity index (χ2v) is 2.73. The van der Waals surface area contributed by atoms with E-state index < -0.39 is 0 Å². The molecule has 0 aromatic carbocycles. The summed E-state index contributed by atoms with van der Waals surface area (Å²) in [6.45, 7) is 4.93. The van der Waals surface area contributed by atoms with Crippen molar-refractivity contribution in [1.29, 1.82) is 0 Å². The molecule has 0 saturated carbocycles. The SMILES string of the molecule is CCCCOC(C)n1cnnc1. The highest BCUT2D eigenvalue weighted by atomic mass is 16.5. The molecule has 1 rings (SSSR count). The summed E-state index contributed by atoms with van der Waals surface area (Å²) in [4.78, 5) is 0. The highest BCUT2D eigenvalue weighted by Gasteiger charge is 2.02. The lowest BCUT2D eigenvalue weighted by atomic mass is 10.4. The molecule has 1 atom stereocenters. The average Bonchev–Trinajstić information content (AvgIpc) is 2.56. The topological polar surface area (TPSA) is 39.9 Å². The summed E-state index contributed by atoms with van der Waals surface area (Å²) >= 11 is 0. The average molecular weight is 169 g/mol. The number of hydrogen-bond donors (Lipinski definition) is 0. The van der Waals surface area contributed by atoms with Gasteiger partial charge in [0, 0.05) is 6.61 Å². The maximum atomic E-state index is 5.51. The summed E-state index contributed by atoms with van der Waals surface area (Å²) in [5.74, 6) is 0. The van der Waals surface area contributed by atoms with Crippen molar-refractivity contribution in [1.82, 2.24) is 14.8 Å². The van der Waals surface area contributed by atoms with E-state index in [1.807, 2.05) is 11.5 Å². The standard InChI is InChI=1S/C8H15N3O/c1-3-4-5-12-8(2)11-6-9-10-7-11/h6-8H,3-5H2,1-2H3. The number of unbranched alkanes of at least 4 members (excludes halogenated alkanes) is 1. The Bertz CT molecular complexity index is 198. The van der Waals surface area contributed by atoms with Gasteiger partial charge in [0.2, 0.25) is 0 Å². The van der Waals surface area contributed by atoms with Crippen LogP contribution in [0.3, 0.4) is 0 Å². The van der Waals surface area contributed by atoms with Gasteiger partial charge in [0.15, 0.2) is 0 Å². The van der Waals surface area contributed by atoms with Crippen molar-refractivity contribution < 1.29 is 4.74 Å². The van der Waals surface area contributed by atoms with Crippen LogP contribution in [0.4, 0.5) is 0 Å². The van der Waals surface area contributed by atoms with Crippen LogP contribution in [-0.2, 0) is 4.74 Å². The van der Waals surface area contributed by atoms with Crippen molar-refractivity contribution in [2.45, 2.75) is 32.9 Å². The fourth-order valence-corrected chi connectivity index (χ4v) is 0.881. The van der Waals surface area contributed by atoms with Gasteiger partial charge in [0.1, 0.15) is 18.9 Å². The van der Waals surface area contributed by atoms with Gasteiger partial charge >= 0.3 is 0 Å². The third kappa shape index (κ3) is 2.62. The van der Waals surface area contributed by atoms with Crippen LogP contribution in [0.2, 0.25) is 0 Å². The van der Waals surface area contributed by atoms with Crippen LogP contribution in [0.5, 0.6) is 0 Å². The van der Waals surface area contributed by atoms with Gasteiger partial charge in [-0.1, -0.05) is 13.3 Å². The summed E-state index contributed by atoms with van der Waals surface area (Å²) in [5.41, 5.74) is 0. The monoisotopic (exact) mass is 169 g/mol. The maximum Gasteiger partial charge on any atom is 0.133 e. The second-order valence-electron chi connectivity index (χ2n) is 2.73. The zero-order valence-corrected chi connectivity index (χ0v) is 7.60. The summed E-state index contributed by atoms with van der Waals surface area (Å²) < 4.78 is 7.35. The molecular formula is C8H15N3O. The van der Waals surface area contributed by atoms with Gasteiger partial charge in [-0.3, -0.25) is 4.57 Å². The molecule has 0 saturated heterocycles. The van der Waals surface area contributed by atoms with Crippen molar-refractivity contribution in [2.75, 3.05) is 6.61 Å². The van der Waals surface area contributed by atoms with Gasteiger partial charge in [-0.15, -0.1) is 10.2 Å². The molecule has 4 nitrogen and oxygen atoms in total. The number of rotatable bonds is 5. The Morgan fingerprint density at radius 2 is 2.08 bits per heavy atom. The van der Waals surface area contributed by atoms with E-state index in [-0.39, 0.29) is 6.23 Å². The molecule has 4 heteroatoms. The molecule has 68 valence electrons. The van der Waals surface area contributed by atoms with E-state index in [1.165, 1.54) is 0 Å². The van der Waals surface area contributed by atoms with Crippen molar-refractivity contribution in [3.63, 3.8) is 0 Å². The van der Waals surface area contributed by atoms with Gasteiger partial charge in [0.05, 0.1) is 0 Å². The highest BCUT2D eigenvalue weighted by Crippen LogP contribution is 2.05. The fraction of sp³-hybridized carbons (Fsp3) is 0.750. The molecule has 0 radical (unpaired) electrons. The molecule has 0 N–H and O–H groups in total. The van der Waals surface area contributed by atoms with Crippen molar-refractivity contribution in [2.24, 2.45) is 0 Å². The highest BCUT2D eigenvalue weighted by molar-refractivity contribution is 4.62. The van der Waals surface area contributed by atoms with E-state index in [0.29, 0.717) is 0 Å². The Morgan fingerprint density at radius 1 is 1.42 bits per heavy atom. The summed E-state index contributed by atoms with van der Waals surface area (Å²) in [6, 6.07) is 0. The van der Waals surface area contributed by atoms with E-state index >= 15 is 0 Å². The quantitative estimate of drug-likeness (QED) is 0.629. The zero-order chi connectivity index (χ0) is 8.81. The molecular weight excluding hydrogens is 154 g/mol. The van der Waals surface area contributed by atoms with Crippen LogP contribution in [-0.4, -0.2) is 21.4 Å². The molecule has 0 fully saturated rings. The van der Waals surface area contributed by atoms with Crippen LogP contribution >= 0.6 is 0 Å². The maximum absolute atomic E-state index is 5.51. The van der Waals surface area contributed by atoms with Crippen LogP contribution in [0.1, 0.15) is 32.9 Å². The van der Waals surface area contributed by atoms with E-state index in [9.17, 15) is 0 Å². The third-order valence-electron chi connectivity index (χ3n) is 1.71. The third-order valence-corrected chi connectivity index (χ3v) is 1.71. The zero-order valence-electron chi connectivity index (χ0n) is 7.60. The van der Waals surface area contributed by atoms with Crippen molar-refractivity contribution in [3.8, 4) is 0 Å². The van der Waals surface area contributed by atoms with Gasteiger partial charge < -0.3 is 4.74 Å². The van der Waals surface area contributed by atoms with Crippen LogP contribution < -0.4 is 0 Å². The van der Waals surface area contributed by atoms with E-state index in [1.54, 1.807) is 12.7 Å². The minimum Gasteiger partial charge on any atom is -0.358 e. The lowest BCUT2D eigenvalue weighted by Gasteiger charge is -2.12. The molecule has 0 aliphatic rings.